The Morgan fingerprint density at radius 3 is 2.54 bits per heavy atom. The third kappa shape index (κ3) is 4.75. The number of nitrogens with one attached hydrogen (secondary N) is 2. The van der Waals surface area contributed by atoms with Crippen molar-refractivity contribution in [3.63, 3.8) is 0 Å². The summed E-state index contributed by atoms with van der Waals surface area (Å²) >= 11 is 0. The third-order valence-electron chi connectivity index (χ3n) is 4.18. The fraction of sp³-hybridized carbons (Fsp3) is 0.588. The van der Waals surface area contributed by atoms with Crippen LogP contribution in [0.3, 0.4) is 0 Å². The van der Waals surface area contributed by atoms with Crippen LogP contribution in [-0.2, 0) is 9.53 Å². The highest BCUT2D eigenvalue weighted by atomic mass is 35.5. The van der Waals surface area contributed by atoms with Crippen molar-refractivity contribution in [2.24, 2.45) is 5.41 Å². The van der Waals surface area contributed by atoms with Gasteiger partial charge in [-0.1, -0.05) is 0 Å². The van der Waals surface area contributed by atoms with Crippen molar-refractivity contribution in [2.45, 2.75) is 19.8 Å². The number of ether oxygens (including phenoxy) is 3. The number of rotatable bonds is 7. The van der Waals surface area contributed by atoms with Gasteiger partial charge in [0.05, 0.1) is 25.7 Å². The van der Waals surface area contributed by atoms with E-state index < -0.39 is 5.41 Å². The van der Waals surface area contributed by atoms with E-state index in [0.29, 0.717) is 30.4 Å². The maximum atomic E-state index is 12.8. The Labute approximate surface area is 149 Å². The molecule has 1 aromatic carbocycles. The summed E-state index contributed by atoms with van der Waals surface area (Å²) in [6, 6.07) is 5.41. The highest BCUT2D eigenvalue weighted by Gasteiger charge is 2.39. The van der Waals surface area contributed by atoms with E-state index in [2.05, 4.69) is 10.6 Å². The van der Waals surface area contributed by atoms with Crippen LogP contribution in [0.15, 0.2) is 18.2 Å². The summed E-state index contributed by atoms with van der Waals surface area (Å²) in [7, 11) is 3.23. The highest BCUT2D eigenvalue weighted by molar-refractivity contribution is 5.95. The van der Waals surface area contributed by atoms with Crippen LogP contribution in [-0.4, -0.2) is 46.4 Å². The largest absolute Gasteiger partial charge is 0.493 e. The Morgan fingerprint density at radius 2 is 1.96 bits per heavy atom. The first-order chi connectivity index (χ1) is 11.1. The van der Waals surface area contributed by atoms with E-state index in [1.165, 1.54) is 0 Å². The quantitative estimate of drug-likeness (QED) is 0.783. The molecule has 24 heavy (non-hydrogen) atoms. The second-order valence-corrected chi connectivity index (χ2v) is 5.72. The van der Waals surface area contributed by atoms with E-state index >= 15 is 0 Å². The first kappa shape index (κ1) is 20.5. The summed E-state index contributed by atoms with van der Waals surface area (Å²) in [6.07, 6.45) is 1.53. The fourth-order valence-corrected chi connectivity index (χ4v) is 2.91. The zero-order valence-corrected chi connectivity index (χ0v) is 15.3. The number of hydrogen-bond acceptors (Lipinski definition) is 5. The SMILES string of the molecule is CCOc1cc(NC(=O)C2(COC)CCNCC2)ccc1OC.Cl. The van der Waals surface area contributed by atoms with E-state index in [-0.39, 0.29) is 18.3 Å². The Morgan fingerprint density at radius 1 is 1.25 bits per heavy atom. The van der Waals surface area contributed by atoms with Crippen LogP contribution in [0.2, 0.25) is 0 Å². The number of hydrogen-bond donors (Lipinski definition) is 2. The van der Waals surface area contributed by atoms with Crippen LogP contribution in [0.5, 0.6) is 11.5 Å². The van der Waals surface area contributed by atoms with Crippen molar-refractivity contribution in [3.8, 4) is 11.5 Å². The van der Waals surface area contributed by atoms with Crippen molar-refractivity contribution in [3.05, 3.63) is 18.2 Å². The molecule has 0 atom stereocenters. The van der Waals surface area contributed by atoms with E-state index in [4.69, 9.17) is 14.2 Å². The Bertz CT molecular complexity index is 528. The van der Waals surface area contributed by atoms with E-state index in [0.717, 1.165) is 25.9 Å². The average molecular weight is 359 g/mol. The molecule has 1 aromatic rings. The van der Waals surface area contributed by atoms with Crippen LogP contribution in [0.4, 0.5) is 5.69 Å². The first-order valence-electron chi connectivity index (χ1n) is 7.97. The van der Waals surface area contributed by atoms with Crippen LogP contribution in [0, 0.1) is 5.41 Å². The molecule has 0 spiro atoms. The summed E-state index contributed by atoms with van der Waals surface area (Å²) < 4.78 is 16.1. The predicted octanol–water partition coefficient (Wildman–Crippen LogP) is 2.47. The number of piperidine rings is 1. The van der Waals surface area contributed by atoms with Crippen molar-refractivity contribution in [1.29, 1.82) is 0 Å². The topological polar surface area (TPSA) is 68.8 Å². The van der Waals surface area contributed by atoms with Gasteiger partial charge in [-0.25, -0.2) is 0 Å². The van der Waals surface area contributed by atoms with Crippen molar-refractivity contribution < 1.29 is 19.0 Å². The summed E-state index contributed by atoms with van der Waals surface area (Å²) in [5.74, 6) is 1.27. The molecule has 1 aliphatic rings. The number of methoxy groups -OCH3 is 2. The van der Waals surface area contributed by atoms with Gasteiger partial charge in [-0.2, -0.15) is 0 Å². The van der Waals surface area contributed by atoms with Crippen molar-refractivity contribution in [2.75, 3.05) is 45.8 Å². The zero-order valence-electron chi connectivity index (χ0n) is 14.5. The lowest BCUT2D eigenvalue weighted by Crippen LogP contribution is -2.47. The molecule has 7 heteroatoms. The lowest BCUT2D eigenvalue weighted by atomic mass is 9.78. The molecule has 0 aromatic heterocycles. The van der Waals surface area contributed by atoms with Gasteiger partial charge in [0.15, 0.2) is 11.5 Å². The molecule has 1 amide bonds. The maximum absolute atomic E-state index is 12.8. The Hall–Kier alpha value is -1.50. The Kier molecular flexibility index (Phi) is 8.31. The predicted molar refractivity (Wildman–Crippen MR) is 96.5 cm³/mol. The van der Waals surface area contributed by atoms with Crippen molar-refractivity contribution in [1.82, 2.24) is 5.32 Å². The van der Waals surface area contributed by atoms with Crippen LogP contribution in [0.1, 0.15) is 19.8 Å². The summed E-state index contributed by atoms with van der Waals surface area (Å²) in [5.41, 5.74) is 0.222. The second kappa shape index (κ2) is 9.71. The minimum Gasteiger partial charge on any atom is -0.493 e. The minimum atomic E-state index is -0.480. The van der Waals surface area contributed by atoms with Gasteiger partial charge in [0, 0.05) is 18.9 Å². The van der Waals surface area contributed by atoms with Gasteiger partial charge in [0.1, 0.15) is 0 Å². The molecule has 1 heterocycles. The monoisotopic (exact) mass is 358 g/mol. The molecule has 0 radical (unpaired) electrons. The maximum Gasteiger partial charge on any atom is 0.233 e. The molecular weight excluding hydrogens is 332 g/mol. The van der Waals surface area contributed by atoms with Crippen LogP contribution < -0.4 is 20.1 Å². The lowest BCUT2D eigenvalue weighted by Gasteiger charge is -2.35. The van der Waals surface area contributed by atoms with Crippen LogP contribution >= 0.6 is 12.4 Å². The third-order valence-corrected chi connectivity index (χ3v) is 4.18. The fourth-order valence-electron chi connectivity index (χ4n) is 2.91. The molecule has 0 bridgehead atoms. The standard InChI is InChI=1S/C17H26N2O4.ClH/c1-4-23-15-11-13(5-6-14(15)22-3)19-16(20)17(12-21-2)7-9-18-10-8-17;/h5-6,11,18H,4,7-10,12H2,1-3H3,(H,19,20);1H. The van der Waals surface area contributed by atoms with Gasteiger partial charge in [0.2, 0.25) is 5.91 Å². The van der Waals surface area contributed by atoms with Gasteiger partial charge in [0.25, 0.3) is 0 Å². The molecule has 6 nitrogen and oxygen atoms in total. The molecule has 0 aliphatic carbocycles. The minimum absolute atomic E-state index is 0. The van der Waals surface area contributed by atoms with E-state index in [9.17, 15) is 4.79 Å². The molecule has 0 saturated carbocycles. The van der Waals surface area contributed by atoms with Gasteiger partial charge < -0.3 is 24.8 Å². The molecule has 2 rings (SSSR count). The number of carbonyl (C=O) groups is 1. The molecule has 136 valence electrons. The van der Waals surface area contributed by atoms with E-state index in [1.54, 1.807) is 26.4 Å². The van der Waals surface area contributed by atoms with Crippen molar-refractivity contribution >= 4 is 24.0 Å². The molecular formula is C17H27ClN2O4. The number of carbonyl (C=O) groups excluding carboxylic acids is 1. The average Bonchev–Trinajstić information content (AvgIpc) is 2.56. The van der Waals surface area contributed by atoms with Crippen LogP contribution in [0.25, 0.3) is 0 Å². The molecule has 2 N–H and O–H groups in total. The number of halogens is 1. The smallest absolute Gasteiger partial charge is 0.233 e. The van der Waals surface area contributed by atoms with Gasteiger partial charge in [-0.3, -0.25) is 4.79 Å². The molecule has 1 aliphatic heterocycles. The number of benzene rings is 1. The summed E-state index contributed by atoms with van der Waals surface area (Å²) in [5, 5.41) is 6.29. The number of amides is 1. The highest BCUT2D eigenvalue weighted by Crippen LogP contribution is 2.33. The summed E-state index contributed by atoms with van der Waals surface area (Å²) in [4.78, 5) is 12.8. The van der Waals surface area contributed by atoms with Gasteiger partial charge >= 0.3 is 0 Å². The molecule has 0 unspecified atom stereocenters. The zero-order chi connectivity index (χ0) is 16.7. The molecule has 1 saturated heterocycles. The van der Waals surface area contributed by atoms with Gasteiger partial charge in [-0.15, -0.1) is 12.4 Å². The van der Waals surface area contributed by atoms with E-state index in [1.807, 2.05) is 13.0 Å². The lowest BCUT2D eigenvalue weighted by molar-refractivity contribution is -0.130. The first-order valence-corrected chi connectivity index (χ1v) is 7.97. The molecule has 1 fully saturated rings. The summed E-state index contributed by atoms with van der Waals surface area (Å²) in [6.45, 7) is 4.52. The normalized spacial score (nSPS) is 16.0. The second-order valence-electron chi connectivity index (χ2n) is 5.72. The van der Waals surface area contributed by atoms with Gasteiger partial charge in [-0.05, 0) is 45.0 Å². The number of anilines is 1. The Balaban J connectivity index is 0.00000288.